The van der Waals surface area contributed by atoms with E-state index < -0.39 is 10.8 Å². The van der Waals surface area contributed by atoms with Gasteiger partial charge in [0.25, 0.3) is 5.91 Å². The van der Waals surface area contributed by atoms with Crippen LogP contribution in [0.25, 0.3) is 0 Å². The van der Waals surface area contributed by atoms with Crippen molar-refractivity contribution in [1.82, 2.24) is 10.4 Å². The van der Waals surface area contributed by atoms with E-state index in [1.165, 1.54) is 18.3 Å². The Morgan fingerprint density at radius 3 is 3.00 bits per heavy atom. The maximum Gasteiger partial charge on any atom is 0.311 e. The molecule has 0 saturated heterocycles. The summed E-state index contributed by atoms with van der Waals surface area (Å²) < 4.78 is 5.17. The van der Waals surface area contributed by atoms with Gasteiger partial charge < -0.3 is 9.72 Å². The van der Waals surface area contributed by atoms with Gasteiger partial charge >= 0.3 is 5.69 Å². The number of rotatable bonds is 6. The average molecular weight is 302 g/mol. The van der Waals surface area contributed by atoms with Crippen LogP contribution in [0.3, 0.4) is 0 Å². The van der Waals surface area contributed by atoms with Gasteiger partial charge in [-0.15, -0.1) is 0 Å². The fourth-order valence-electron chi connectivity index (χ4n) is 1.67. The van der Waals surface area contributed by atoms with Crippen LogP contribution < -0.4 is 10.2 Å². The van der Waals surface area contributed by atoms with Crippen LogP contribution in [0.2, 0.25) is 0 Å². The Morgan fingerprint density at radius 2 is 2.32 bits per heavy atom. The molecule has 0 aliphatic carbocycles. The monoisotopic (exact) mass is 302 g/mol. The number of nitrogens with one attached hydrogen (secondary N) is 2. The molecule has 1 aromatic carbocycles. The first kappa shape index (κ1) is 15.2. The first-order chi connectivity index (χ1) is 10.6. The lowest BCUT2D eigenvalue weighted by molar-refractivity contribution is -0.385. The first-order valence-electron chi connectivity index (χ1n) is 6.39. The number of aromatic nitrogens is 1. The van der Waals surface area contributed by atoms with Gasteiger partial charge in [-0.2, -0.15) is 5.10 Å². The lowest BCUT2D eigenvalue weighted by Crippen LogP contribution is -2.24. The van der Waals surface area contributed by atoms with Gasteiger partial charge in [-0.1, -0.05) is 6.07 Å². The Kier molecular flexibility index (Phi) is 4.86. The maximum atomic E-state index is 11.6. The van der Waals surface area contributed by atoms with Crippen molar-refractivity contribution < 1.29 is 14.5 Å². The van der Waals surface area contributed by atoms with Crippen LogP contribution in [-0.2, 0) is 4.79 Å². The Balaban J connectivity index is 1.90. The number of H-pyrrole nitrogens is 1. The van der Waals surface area contributed by atoms with Crippen LogP contribution in [0.15, 0.2) is 41.6 Å². The second-order valence-corrected chi connectivity index (χ2v) is 4.44. The van der Waals surface area contributed by atoms with Crippen molar-refractivity contribution >= 4 is 17.8 Å². The number of carbonyl (C=O) groups is 1. The molecule has 2 rings (SSSR count). The summed E-state index contributed by atoms with van der Waals surface area (Å²) in [5.74, 6) is -0.475. The molecule has 0 spiro atoms. The highest BCUT2D eigenvalue weighted by Crippen LogP contribution is 2.27. The van der Waals surface area contributed by atoms with E-state index in [2.05, 4.69) is 15.5 Å². The van der Waals surface area contributed by atoms with E-state index >= 15 is 0 Å². The molecule has 2 aromatic rings. The number of carbonyl (C=O) groups excluding carboxylic acids is 1. The van der Waals surface area contributed by atoms with Crippen molar-refractivity contribution in [2.45, 2.75) is 6.92 Å². The van der Waals surface area contributed by atoms with Crippen LogP contribution >= 0.6 is 0 Å². The number of hydrazone groups is 1. The van der Waals surface area contributed by atoms with Crippen molar-refractivity contribution in [2.75, 3.05) is 6.61 Å². The van der Waals surface area contributed by atoms with Crippen LogP contribution in [0.4, 0.5) is 5.69 Å². The third-order valence-electron chi connectivity index (χ3n) is 2.68. The van der Waals surface area contributed by atoms with Crippen LogP contribution in [0.5, 0.6) is 5.75 Å². The summed E-state index contributed by atoms with van der Waals surface area (Å²) in [6.07, 6.45) is 3.16. The molecule has 22 heavy (non-hydrogen) atoms. The number of nitro benzene ring substituents is 1. The molecule has 8 nitrogen and oxygen atoms in total. The van der Waals surface area contributed by atoms with Crippen LogP contribution in [-0.4, -0.2) is 28.6 Å². The standard InChI is InChI=1S/C14H14N4O4/c1-10-4-5-13(12(7-10)18(20)21)22-9-14(19)17-16-8-11-3-2-6-15-11/h2-8,15H,9H2,1H3,(H,17,19). The van der Waals surface area contributed by atoms with E-state index in [0.717, 1.165) is 11.3 Å². The SMILES string of the molecule is Cc1ccc(OCC(=O)NN=Cc2ccc[nH]2)c([N+](=O)[O-])c1. The van der Waals surface area contributed by atoms with Gasteiger partial charge in [0.1, 0.15) is 0 Å². The normalized spacial score (nSPS) is 10.6. The molecule has 8 heteroatoms. The van der Waals surface area contributed by atoms with Crippen molar-refractivity contribution in [3.8, 4) is 5.75 Å². The fourth-order valence-corrected chi connectivity index (χ4v) is 1.67. The number of nitrogens with zero attached hydrogens (tertiary/aromatic N) is 2. The van der Waals surface area contributed by atoms with Crippen molar-refractivity contribution in [3.63, 3.8) is 0 Å². The summed E-state index contributed by atoms with van der Waals surface area (Å²) in [6.45, 7) is 1.37. The summed E-state index contributed by atoms with van der Waals surface area (Å²) in [7, 11) is 0. The van der Waals surface area contributed by atoms with Gasteiger partial charge in [0.15, 0.2) is 12.4 Å². The number of ether oxygens (including phenoxy) is 1. The summed E-state index contributed by atoms with van der Waals surface area (Å²) in [4.78, 5) is 24.8. The predicted molar refractivity (Wildman–Crippen MR) is 79.9 cm³/mol. The Labute approximate surface area is 126 Å². The zero-order valence-corrected chi connectivity index (χ0v) is 11.8. The lowest BCUT2D eigenvalue weighted by atomic mass is 10.2. The summed E-state index contributed by atoms with van der Waals surface area (Å²) >= 11 is 0. The van der Waals surface area contributed by atoms with E-state index in [1.807, 2.05) is 0 Å². The molecule has 0 aliphatic heterocycles. The Hall–Kier alpha value is -3.16. The molecule has 1 heterocycles. The number of nitro groups is 1. The molecule has 114 valence electrons. The Bertz CT molecular complexity index is 695. The van der Waals surface area contributed by atoms with E-state index in [0.29, 0.717) is 0 Å². The molecule has 0 unspecified atom stereocenters. The van der Waals surface area contributed by atoms with E-state index in [9.17, 15) is 14.9 Å². The third-order valence-corrected chi connectivity index (χ3v) is 2.68. The third kappa shape index (κ3) is 4.17. The molecule has 0 aliphatic rings. The minimum absolute atomic E-state index is 0.0408. The van der Waals surface area contributed by atoms with Crippen LogP contribution in [0, 0.1) is 17.0 Å². The molecule has 0 atom stereocenters. The largest absolute Gasteiger partial charge is 0.477 e. The van der Waals surface area contributed by atoms with Gasteiger partial charge in [0.05, 0.1) is 16.8 Å². The highest BCUT2D eigenvalue weighted by Gasteiger charge is 2.16. The quantitative estimate of drug-likeness (QED) is 0.481. The number of benzene rings is 1. The highest BCUT2D eigenvalue weighted by molar-refractivity contribution is 5.81. The summed E-state index contributed by atoms with van der Waals surface area (Å²) in [5, 5.41) is 14.6. The van der Waals surface area contributed by atoms with Gasteiger partial charge in [-0.05, 0) is 30.7 Å². The highest BCUT2D eigenvalue weighted by atomic mass is 16.6. The van der Waals surface area contributed by atoms with Crippen molar-refractivity contribution in [1.29, 1.82) is 0 Å². The molecule has 0 radical (unpaired) electrons. The first-order valence-corrected chi connectivity index (χ1v) is 6.39. The molecule has 0 fully saturated rings. The minimum Gasteiger partial charge on any atom is -0.477 e. The second-order valence-electron chi connectivity index (χ2n) is 4.44. The zero-order valence-electron chi connectivity index (χ0n) is 11.8. The van der Waals surface area contributed by atoms with E-state index in [4.69, 9.17) is 4.74 Å². The van der Waals surface area contributed by atoms with Gasteiger partial charge in [-0.25, -0.2) is 5.43 Å². The molecule has 2 N–H and O–H groups in total. The maximum absolute atomic E-state index is 11.6. The molecular formula is C14H14N4O4. The number of aromatic amines is 1. The zero-order chi connectivity index (χ0) is 15.9. The van der Waals surface area contributed by atoms with E-state index in [-0.39, 0.29) is 18.0 Å². The summed E-state index contributed by atoms with van der Waals surface area (Å²) in [6, 6.07) is 8.09. The molecule has 0 saturated carbocycles. The number of aryl methyl sites for hydroxylation is 1. The summed E-state index contributed by atoms with van der Waals surface area (Å²) in [5.41, 5.74) is 3.56. The van der Waals surface area contributed by atoms with Crippen LogP contribution in [0.1, 0.15) is 11.3 Å². The Morgan fingerprint density at radius 1 is 1.50 bits per heavy atom. The smallest absolute Gasteiger partial charge is 0.311 e. The molecular weight excluding hydrogens is 288 g/mol. The van der Waals surface area contributed by atoms with Gasteiger partial charge in [0, 0.05) is 12.3 Å². The molecule has 1 amide bonds. The topological polar surface area (TPSA) is 110 Å². The number of hydrogen-bond donors (Lipinski definition) is 2. The number of hydrogen-bond acceptors (Lipinski definition) is 5. The van der Waals surface area contributed by atoms with Crippen molar-refractivity contribution in [2.24, 2.45) is 5.10 Å². The molecule has 0 bridgehead atoms. The number of amides is 1. The van der Waals surface area contributed by atoms with E-state index in [1.54, 1.807) is 31.3 Å². The second kappa shape index (κ2) is 7.02. The fraction of sp³-hybridized carbons (Fsp3) is 0.143. The lowest BCUT2D eigenvalue weighted by Gasteiger charge is -2.06. The predicted octanol–water partition coefficient (Wildman–Crippen LogP) is 1.76. The van der Waals surface area contributed by atoms with Gasteiger partial charge in [0.2, 0.25) is 0 Å². The average Bonchev–Trinajstić information content (AvgIpc) is 2.99. The van der Waals surface area contributed by atoms with Gasteiger partial charge in [-0.3, -0.25) is 14.9 Å². The molecule has 1 aromatic heterocycles. The van der Waals surface area contributed by atoms with Crippen molar-refractivity contribution in [3.05, 3.63) is 57.9 Å². The minimum atomic E-state index is -0.552.